The summed E-state index contributed by atoms with van der Waals surface area (Å²) < 4.78 is 5.19. The molecule has 1 aliphatic heterocycles. The molecule has 0 saturated carbocycles. The smallest absolute Gasteiger partial charge is 0.409 e. The number of hydrogen-bond acceptors (Lipinski definition) is 3. The number of aliphatic carboxylic acids is 1. The number of nitrogens with zero attached hydrogens (tertiary/aromatic N) is 1. The van der Waals surface area contributed by atoms with Gasteiger partial charge in [0.25, 0.3) is 0 Å². The Balaban J connectivity index is 2.05. The van der Waals surface area contributed by atoms with Gasteiger partial charge in [-0.05, 0) is 37.0 Å². The largest absolute Gasteiger partial charge is 0.481 e. The number of piperidine rings is 1. The van der Waals surface area contributed by atoms with Gasteiger partial charge in [-0.3, -0.25) is 4.79 Å². The van der Waals surface area contributed by atoms with Gasteiger partial charge in [0.2, 0.25) is 0 Å². The molecule has 1 saturated heterocycles. The topological polar surface area (TPSA) is 66.8 Å². The number of hydrogen-bond donors (Lipinski definition) is 1. The molecule has 0 aliphatic carbocycles. The second kappa shape index (κ2) is 7.68. The lowest BCUT2D eigenvalue weighted by Gasteiger charge is -2.38. The third kappa shape index (κ3) is 3.96. The van der Waals surface area contributed by atoms with Crippen molar-refractivity contribution < 1.29 is 19.4 Å². The van der Waals surface area contributed by atoms with Gasteiger partial charge in [0.1, 0.15) is 0 Å². The fraction of sp³-hybridized carbons (Fsp3) is 0.529. The zero-order chi connectivity index (χ0) is 16.9. The van der Waals surface area contributed by atoms with Gasteiger partial charge in [0.05, 0.1) is 12.0 Å². The van der Waals surface area contributed by atoms with E-state index in [4.69, 9.17) is 16.3 Å². The molecule has 1 aromatic carbocycles. The van der Waals surface area contributed by atoms with Gasteiger partial charge in [-0.2, -0.15) is 0 Å². The van der Waals surface area contributed by atoms with Crippen molar-refractivity contribution in [2.45, 2.75) is 38.0 Å². The molecule has 6 heteroatoms. The highest BCUT2D eigenvalue weighted by Gasteiger charge is 2.44. The van der Waals surface area contributed by atoms with Crippen molar-refractivity contribution in [3.63, 3.8) is 0 Å². The third-order valence-corrected chi connectivity index (χ3v) is 4.66. The highest BCUT2D eigenvalue weighted by Crippen LogP contribution is 2.36. The van der Waals surface area contributed by atoms with Crippen molar-refractivity contribution in [1.29, 1.82) is 0 Å². The van der Waals surface area contributed by atoms with Crippen molar-refractivity contribution in [2.24, 2.45) is 0 Å². The number of amides is 1. The molecule has 0 spiro atoms. The molecule has 0 radical (unpaired) electrons. The molecule has 1 fully saturated rings. The molecule has 126 valence electrons. The number of carboxylic acids is 1. The number of carboxylic acid groups (broad SMARTS) is 1. The maximum atomic E-state index is 12.0. The van der Waals surface area contributed by atoms with E-state index in [2.05, 4.69) is 0 Å². The van der Waals surface area contributed by atoms with E-state index < -0.39 is 11.4 Å². The van der Waals surface area contributed by atoms with Crippen molar-refractivity contribution in [3.05, 3.63) is 34.9 Å². The quantitative estimate of drug-likeness (QED) is 0.831. The van der Waals surface area contributed by atoms with E-state index in [9.17, 15) is 14.7 Å². The predicted molar refractivity (Wildman–Crippen MR) is 87.8 cm³/mol. The van der Waals surface area contributed by atoms with Gasteiger partial charge >= 0.3 is 12.1 Å². The first-order chi connectivity index (χ1) is 11.0. The number of benzene rings is 1. The fourth-order valence-corrected chi connectivity index (χ4v) is 2.99. The molecule has 1 N–H and O–H groups in total. The number of unbranched alkanes of at least 4 members (excludes halogenated alkanes) is 1. The van der Waals surface area contributed by atoms with Crippen LogP contribution in [0.15, 0.2) is 24.3 Å². The minimum absolute atomic E-state index is 0.353. The van der Waals surface area contributed by atoms with Crippen LogP contribution in [0.25, 0.3) is 0 Å². The van der Waals surface area contributed by atoms with Crippen LogP contribution in [0, 0.1) is 0 Å². The number of carbonyl (C=O) groups is 2. The molecule has 0 atom stereocenters. The Hall–Kier alpha value is -1.75. The standard InChI is InChI=1S/C17H22ClNO4/c1-2-3-12-23-16(22)19-10-8-17(9-11-19,15(20)21)13-4-6-14(18)7-5-13/h4-7H,2-3,8-12H2,1H3,(H,20,21). The van der Waals surface area contributed by atoms with Crippen LogP contribution in [0.3, 0.4) is 0 Å². The summed E-state index contributed by atoms with van der Waals surface area (Å²) in [5, 5.41) is 10.3. The number of rotatable bonds is 5. The number of halogens is 1. The van der Waals surface area contributed by atoms with Crippen molar-refractivity contribution in [3.8, 4) is 0 Å². The molecule has 0 bridgehead atoms. The zero-order valence-corrected chi connectivity index (χ0v) is 14.0. The van der Waals surface area contributed by atoms with E-state index in [-0.39, 0.29) is 6.09 Å². The molecule has 1 aliphatic rings. The summed E-state index contributed by atoms with van der Waals surface area (Å²) in [6.45, 7) is 3.19. The lowest BCUT2D eigenvalue weighted by molar-refractivity contribution is -0.145. The molecular formula is C17H22ClNO4. The minimum Gasteiger partial charge on any atom is -0.481 e. The van der Waals surface area contributed by atoms with Gasteiger partial charge in [0, 0.05) is 18.1 Å². The van der Waals surface area contributed by atoms with E-state index in [1.165, 1.54) is 0 Å². The molecule has 2 rings (SSSR count). The van der Waals surface area contributed by atoms with Crippen LogP contribution in [0.4, 0.5) is 4.79 Å². The van der Waals surface area contributed by atoms with E-state index in [1.807, 2.05) is 6.92 Å². The van der Waals surface area contributed by atoms with Gasteiger partial charge < -0.3 is 14.7 Å². The lowest BCUT2D eigenvalue weighted by atomic mass is 9.73. The van der Waals surface area contributed by atoms with E-state index in [0.717, 1.165) is 18.4 Å². The lowest BCUT2D eigenvalue weighted by Crippen LogP contribution is -2.49. The van der Waals surface area contributed by atoms with Crippen molar-refractivity contribution in [2.75, 3.05) is 19.7 Å². The Morgan fingerprint density at radius 1 is 1.26 bits per heavy atom. The SMILES string of the molecule is CCCCOC(=O)N1CCC(C(=O)O)(c2ccc(Cl)cc2)CC1. The highest BCUT2D eigenvalue weighted by molar-refractivity contribution is 6.30. The predicted octanol–water partition coefficient (Wildman–Crippen LogP) is 3.69. The van der Waals surface area contributed by atoms with Crippen LogP contribution in [0.5, 0.6) is 0 Å². The number of ether oxygens (including phenoxy) is 1. The van der Waals surface area contributed by atoms with Gasteiger partial charge in [-0.1, -0.05) is 37.1 Å². The number of carbonyl (C=O) groups excluding carboxylic acids is 1. The van der Waals surface area contributed by atoms with Crippen LogP contribution in [-0.4, -0.2) is 41.8 Å². The Morgan fingerprint density at radius 2 is 1.87 bits per heavy atom. The van der Waals surface area contributed by atoms with E-state index in [1.54, 1.807) is 29.2 Å². The van der Waals surface area contributed by atoms with Crippen LogP contribution in [0.2, 0.25) is 5.02 Å². The van der Waals surface area contributed by atoms with Gasteiger partial charge in [0.15, 0.2) is 0 Å². The average molecular weight is 340 g/mol. The molecule has 1 heterocycles. The first kappa shape index (κ1) is 17.6. The minimum atomic E-state index is -0.967. The van der Waals surface area contributed by atoms with Crippen LogP contribution in [-0.2, 0) is 14.9 Å². The summed E-state index contributed by atoms with van der Waals surface area (Å²) in [7, 11) is 0. The average Bonchev–Trinajstić information content (AvgIpc) is 2.55. The van der Waals surface area contributed by atoms with E-state index in [0.29, 0.717) is 37.6 Å². The van der Waals surface area contributed by atoms with Crippen molar-refractivity contribution in [1.82, 2.24) is 4.90 Å². The number of likely N-dealkylation sites (tertiary alicyclic amines) is 1. The highest BCUT2D eigenvalue weighted by atomic mass is 35.5. The first-order valence-corrected chi connectivity index (χ1v) is 8.28. The third-order valence-electron chi connectivity index (χ3n) is 4.40. The normalized spacial score (nSPS) is 16.9. The molecular weight excluding hydrogens is 318 g/mol. The summed E-state index contributed by atoms with van der Waals surface area (Å²) in [5.41, 5.74) is -0.237. The Morgan fingerprint density at radius 3 is 2.39 bits per heavy atom. The monoisotopic (exact) mass is 339 g/mol. The van der Waals surface area contributed by atoms with Crippen molar-refractivity contribution >= 4 is 23.7 Å². The molecule has 1 aromatic rings. The van der Waals surface area contributed by atoms with E-state index >= 15 is 0 Å². The molecule has 0 aromatic heterocycles. The first-order valence-electron chi connectivity index (χ1n) is 7.91. The second-order valence-corrected chi connectivity index (χ2v) is 6.29. The Kier molecular flexibility index (Phi) is 5.88. The Labute approximate surface area is 141 Å². The molecule has 23 heavy (non-hydrogen) atoms. The van der Waals surface area contributed by atoms with Gasteiger partial charge in [-0.15, -0.1) is 0 Å². The summed E-state index contributed by atoms with van der Waals surface area (Å²) in [6, 6.07) is 6.91. The zero-order valence-electron chi connectivity index (χ0n) is 13.3. The molecule has 5 nitrogen and oxygen atoms in total. The summed E-state index contributed by atoms with van der Waals surface area (Å²) in [6.07, 6.45) is 2.18. The maximum Gasteiger partial charge on any atom is 0.409 e. The van der Waals surface area contributed by atoms with Crippen LogP contribution in [0.1, 0.15) is 38.2 Å². The summed E-state index contributed by atoms with van der Waals surface area (Å²) in [4.78, 5) is 25.4. The van der Waals surface area contributed by atoms with Gasteiger partial charge in [-0.25, -0.2) is 4.79 Å². The molecule has 0 unspecified atom stereocenters. The summed E-state index contributed by atoms with van der Waals surface area (Å²) in [5.74, 6) is -0.862. The fourth-order valence-electron chi connectivity index (χ4n) is 2.86. The Bertz CT molecular complexity index is 550. The molecule has 1 amide bonds. The maximum absolute atomic E-state index is 12.0. The summed E-state index contributed by atoms with van der Waals surface area (Å²) >= 11 is 5.88. The van der Waals surface area contributed by atoms with Crippen LogP contribution >= 0.6 is 11.6 Å². The van der Waals surface area contributed by atoms with Crippen LogP contribution < -0.4 is 0 Å². The second-order valence-electron chi connectivity index (χ2n) is 5.85.